The molecule has 0 unspecified atom stereocenters. The molecule has 0 saturated carbocycles. The molecule has 0 atom stereocenters. The Morgan fingerprint density at radius 2 is 2.26 bits per heavy atom. The summed E-state index contributed by atoms with van der Waals surface area (Å²) in [5.41, 5.74) is 0.873. The molecule has 6 nitrogen and oxygen atoms in total. The van der Waals surface area contributed by atoms with E-state index in [1.165, 1.54) is 7.11 Å². The topological polar surface area (TPSA) is 74.5 Å². The van der Waals surface area contributed by atoms with E-state index < -0.39 is 5.97 Å². The van der Waals surface area contributed by atoms with Crippen LogP contribution in [0.15, 0.2) is 22.7 Å². The highest BCUT2D eigenvalue weighted by molar-refractivity contribution is 5.88. The van der Waals surface area contributed by atoms with E-state index in [-0.39, 0.29) is 5.69 Å². The first kappa shape index (κ1) is 13.1. The Labute approximate surface area is 110 Å². The summed E-state index contributed by atoms with van der Waals surface area (Å²) in [7, 11) is 1.52. The highest BCUT2D eigenvalue weighted by atomic mass is 16.5. The lowest BCUT2D eigenvalue weighted by Gasteiger charge is -1.99. The largest absolute Gasteiger partial charge is 0.481 e. The van der Waals surface area contributed by atoms with Gasteiger partial charge in [0.1, 0.15) is 5.76 Å². The fraction of sp³-hybridized carbons (Fsp3) is 0.308. The summed E-state index contributed by atoms with van der Waals surface area (Å²) in [6, 6.07) is 3.41. The Hall–Kier alpha value is -2.37. The highest BCUT2D eigenvalue weighted by Gasteiger charge is 2.19. The number of oxazole rings is 1. The van der Waals surface area contributed by atoms with Crippen molar-refractivity contribution in [2.45, 2.75) is 13.8 Å². The summed E-state index contributed by atoms with van der Waals surface area (Å²) in [6.07, 6.45) is 1.58. The van der Waals surface area contributed by atoms with E-state index in [9.17, 15) is 4.79 Å². The number of hydrogen-bond donors (Lipinski definition) is 0. The van der Waals surface area contributed by atoms with Crippen molar-refractivity contribution < 1.29 is 18.7 Å². The number of hydrogen-bond acceptors (Lipinski definition) is 6. The smallest absolute Gasteiger partial charge is 0.360 e. The maximum Gasteiger partial charge on any atom is 0.360 e. The van der Waals surface area contributed by atoms with Crippen LogP contribution in [0.25, 0.3) is 11.5 Å². The van der Waals surface area contributed by atoms with E-state index in [0.717, 1.165) is 0 Å². The molecule has 0 aliphatic carbocycles. The van der Waals surface area contributed by atoms with E-state index in [1.807, 2.05) is 0 Å². The van der Waals surface area contributed by atoms with Crippen LogP contribution in [0.3, 0.4) is 0 Å². The van der Waals surface area contributed by atoms with Crippen molar-refractivity contribution in [3.8, 4) is 17.3 Å². The predicted molar refractivity (Wildman–Crippen MR) is 67.0 cm³/mol. The molecule has 6 heteroatoms. The van der Waals surface area contributed by atoms with Gasteiger partial charge in [-0.2, -0.15) is 0 Å². The van der Waals surface area contributed by atoms with Gasteiger partial charge >= 0.3 is 5.97 Å². The van der Waals surface area contributed by atoms with Gasteiger partial charge in [0.05, 0.1) is 13.7 Å². The van der Waals surface area contributed by atoms with Gasteiger partial charge < -0.3 is 13.9 Å². The first-order valence-corrected chi connectivity index (χ1v) is 5.80. The number of rotatable bonds is 4. The van der Waals surface area contributed by atoms with Crippen molar-refractivity contribution in [3.05, 3.63) is 29.8 Å². The van der Waals surface area contributed by atoms with Gasteiger partial charge in [0.2, 0.25) is 11.8 Å². The maximum atomic E-state index is 11.7. The van der Waals surface area contributed by atoms with E-state index in [1.54, 1.807) is 32.2 Å². The van der Waals surface area contributed by atoms with E-state index in [2.05, 4.69) is 9.97 Å². The summed E-state index contributed by atoms with van der Waals surface area (Å²) >= 11 is 0. The molecule has 0 radical (unpaired) electrons. The number of ether oxygens (including phenoxy) is 2. The number of nitrogens with zero attached hydrogens (tertiary/aromatic N) is 2. The Kier molecular flexibility index (Phi) is 3.79. The van der Waals surface area contributed by atoms with Gasteiger partial charge in [-0.05, 0) is 19.9 Å². The molecule has 19 heavy (non-hydrogen) atoms. The van der Waals surface area contributed by atoms with Crippen molar-refractivity contribution in [2.24, 2.45) is 0 Å². The third-order valence-corrected chi connectivity index (χ3v) is 2.46. The van der Waals surface area contributed by atoms with Crippen LogP contribution in [0.4, 0.5) is 0 Å². The number of carbonyl (C=O) groups is 1. The Bertz CT molecular complexity index is 592. The van der Waals surface area contributed by atoms with Crippen LogP contribution in [-0.4, -0.2) is 29.7 Å². The molecule has 2 heterocycles. The van der Waals surface area contributed by atoms with Gasteiger partial charge in [-0.25, -0.2) is 14.8 Å². The van der Waals surface area contributed by atoms with Crippen LogP contribution >= 0.6 is 0 Å². The minimum absolute atomic E-state index is 0.188. The third kappa shape index (κ3) is 2.73. The summed E-state index contributed by atoms with van der Waals surface area (Å²) in [5, 5.41) is 0. The average molecular weight is 262 g/mol. The predicted octanol–water partition coefficient (Wildman–Crippen LogP) is 2.23. The molecule has 2 aromatic heterocycles. The molecule has 0 aromatic carbocycles. The molecule has 0 fully saturated rings. The SMILES string of the molecule is CCOC(=O)c1nc(-c2ccnc(OC)c2)oc1C. The molecule has 0 aliphatic heterocycles. The highest BCUT2D eigenvalue weighted by Crippen LogP contribution is 2.24. The molecular formula is C13H14N2O4. The molecule has 100 valence electrons. The number of aryl methyl sites for hydroxylation is 1. The average Bonchev–Trinajstić information content (AvgIpc) is 2.81. The molecular weight excluding hydrogens is 248 g/mol. The zero-order valence-electron chi connectivity index (χ0n) is 11.0. The van der Waals surface area contributed by atoms with Crippen LogP contribution < -0.4 is 4.74 Å². The van der Waals surface area contributed by atoms with Crippen molar-refractivity contribution in [1.82, 2.24) is 9.97 Å². The molecule has 0 spiro atoms. The van der Waals surface area contributed by atoms with E-state index >= 15 is 0 Å². The first-order chi connectivity index (χ1) is 9.15. The zero-order chi connectivity index (χ0) is 13.8. The van der Waals surface area contributed by atoms with Crippen LogP contribution in [0.2, 0.25) is 0 Å². The fourth-order valence-corrected chi connectivity index (χ4v) is 1.56. The van der Waals surface area contributed by atoms with Crippen molar-refractivity contribution in [2.75, 3.05) is 13.7 Å². The van der Waals surface area contributed by atoms with Gasteiger partial charge in [-0.15, -0.1) is 0 Å². The quantitative estimate of drug-likeness (QED) is 0.786. The van der Waals surface area contributed by atoms with Crippen LogP contribution in [0.1, 0.15) is 23.2 Å². The van der Waals surface area contributed by atoms with Gasteiger partial charge in [-0.3, -0.25) is 0 Å². The van der Waals surface area contributed by atoms with Crippen LogP contribution in [0.5, 0.6) is 5.88 Å². The lowest BCUT2D eigenvalue weighted by atomic mass is 10.2. The second-order valence-corrected chi connectivity index (χ2v) is 3.73. The van der Waals surface area contributed by atoms with Gasteiger partial charge in [-0.1, -0.05) is 0 Å². The second kappa shape index (κ2) is 5.51. The molecule has 0 amide bonds. The van der Waals surface area contributed by atoms with Crippen molar-refractivity contribution >= 4 is 5.97 Å². The normalized spacial score (nSPS) is 10.3. The second-order valence-electron chi connectivity index (χ2n) is 3.73. The van der Waals surface area contributed by atoms with Crippen molar-refractivity contribution in [1.29, 1.82) is 0 Å². The molecule has 0 aliphatic rings. The van der Waals surface area contributed by atoms with Gasteiger partial charge in [0.25, 0.3) is 0 Å². The zero-order valence-corrected chi connectivity index (χ0v) is 11.0. The monoisotopic (exact) mass is 262 g/mol. The number of methoxy groups -OCH3 is 1. The number of esters is 1. The van der Waals surface area contributed by atoms with Crippen LogP contribution in [-0.2, 0) is 4.74 Å². The Morgan fingerprint density at radius 3 is 2.95 bits per heavy atom. The summed E-state index contributed by atoms with van der Waals surface area (Å²) in [4.78, 5) is 19.8. The van der Waals surface area contributed by atoms with Crippen molar-refractivity contribution in [3.63, 3.8) is 0 Å². The molecule has 0 saturated heterocycles. The van der Waals surface area contributed by atoms with Gasteiger partial charge in [0, 0.05) is 17.8 Å². The number of pyridine rings is 1. The standard InChI is InChI=1S/C13H14N2O4/c1-4-18-13(16)11-8(2)19-12(15-11)9-5-6-14-10(7-9)17-3/h5-7H,4H2,1-3H3. The lowest BCUT2D eigenvalue weighted by Crippen LogP contribution is -2.06. The minimum atomic E-state index is -0.490. The molecule has 0 N–H and O–H groups in total. The summed E-state index contributed by atoms with van der Waals surface area (Å²) < 4.78 is 15.4. The minimum Gasteiger partial charge on any atom is -0.481 e. The molecule has 2 rings (SSSR count). The maximum absolute atomic E-state index is 11.7. The first-order valence-electron chi connectivity index (χ1n) is 5.80. The molecule has 0 bridgehead atoms. The van der Waals surface area contributed by atoms with Gasteiger partial charge in [0.15, 0.2) is 5.69 Å². The van der Waals surface area contributed by atoms with E-state index in [0.29, 0.717) is 29.7 Å². The number of carbonyl (C=O) groups excluding carboxylic acids is 1. The van der Waals surface area contributed by atoms with E-state index in [4.69, 9.17) is 13.9 Å². The lowest BCUT2D eigenvalue weighted by molar-refractivity contribution is 0.0518. The van der Waals surface area contributed by atoms with Crippen LogP contribution in [0, 0.1) is 6.92 Å². The Morgan fingerprint density at radius 1 is 1.47 bits per heavy atom. The Balaban J connectivity index is 2.36. The summed E-state index contributed by atoms with van der Waals surface area (Å²) in [6.45, 7) is 3.70. The molecule has 2 aromatic rings. The third-order valence-electron chi connectivity index (χ3n) is 2.46. The number of aromatic nitrogens is 2. The fourth-order valence-electron chi connectivity index (χ4n) is 1.56. The summed E-state index contributed by atoms with van der Waals surface area (Å²) in [5.74, 6) is 0.715.